The van der Waals surface area contributed by atoms with Crippen LogP contribution in [0.15, 0.2) is 0 Å². The summed E-state index contributed by atoms with van der Waals surface area (Å²) in [5, 5.41) is 0.670. The SMILES string of the molecule is CCCCCCCCC(C)OC(C)=S. The highest BCUT2D eigenvalue weighted by molar-refractivity contribution is 7.80. The zero-order chi connectivity index (χ0) is 10.8. The van der Waals surface area contributed by atoms with E-state index in [0.29, 0.717) is 11.2 Å². The van der Waals surface area contributed by atoms with E-state index in [9.17, 15) is 0 Å². The monoisotopic (exact) mass is 216 g/mol. The van der Waals surface area contributed by atoms with E-state index in [-0.39, 0.29) is 0 Å². The first-order valence-electron chi connectivity index (χ1n) is 5.84. The predicted molar refractivity (Wildman–Crippen MR) is 66.8 cm³/mol. The van der Waals surface area contributed by atoms with Crippen LogP contribution in [0.3, 0.4) is 0 Å². The minimum absolute atomic E-state index is 0.304. The van der Waals surface area contributed by atoms with Crippen LogP contribution in [0.1, 0.15) is 65.7 Å². The molecule has 0 rings (SSSR count). The number of ether oxygens (including phenoxy) is 1. The van der Waals surface area contributed by atoms with Gasteiger partial charge >= 0.3 is 0 Å². The van der Waals surface area contributed by atoms with Crippen LogP contribution in [0, 0.1) is 0 Å². The summed E-state index contributed by atoms with van der Waals surface area (Å²) in [6, 6.07) is 0. The Bertz CT molecular complexity index is 145. The lowest BCUT2D eigenvalue weighted by atomic mass is 10.1. The summed E-state index contributed by atoms with van der Waals surface area (Å²) < 4.78 is 5.41. The van der Waals surface area contributed by atoms with Gasteiger partial charge in [-0.3, -0.25) is 0 Å². The molecule has 0 saturated carbocycles. The largest absolute Gasteiger partial charge is 0.485 e. The first kappa shape index (κ1) is 13.9. The molecular formula is C12H24OS. The summed E-state index contributed by atoms with van der Waals surface area (Å²) in [6.07, 6.45) is 9.51. The molecule has 0 heterocycles. The Morgan fingerprint density at radius 1 is 1.14 bits per heavy atom. The molecule has 0 spiro atoms. The maximum Gasteiger partial charge on any atom is 0.156 e. The lowest BCUT2D eigenvalue weighted by Gasteiger charge is -2.12. The second kappa shape index (κ2) is 9.45. The van der Waals surface area contributed by atoms with Gasteiger partial charge in [0.15, 0.2) is 5.05 Å². The molecule has 0 aromatic rings. The molecular weight excluding hydrogens is 192 g/mol. The Balaban J connectivity index is 3.14. The van der Waals surface area contributed by atoms with Gasteiger partial charge in [0.2, 0.25) is 0 Å². The second-order valence-corrected chi connectivity index (χ2v) is 4.55. The van der Waals surface area contributed by atoms with Crippen LogP contribution < -0.4 is 0 Å². The summed E-state index contributed by atoms with van der Waals surface area (Å²) in [5.74, 6) is 0. The fourth-order valence-electron chi connectivity index (χ4n) is 1.55. The summed E-state index contributed by atoms with van der Waals surface area (Å²) in [4.78, 5) is 0. The Labute approximate surface area is 94.2 Å². The van der Waals surface area contributed by atoms with Gasteiger partial charge in [0.1, 0.15) is 0 Å². The molecule has 0 radical (unpaired) electrons. The summed E-state index contributed by atoms with van der Waals surface area (Å²) in [6.45, 7) is 6.19. The maximum atomic E-state index is 5.41. The van der Waals surface area contributed by atoms with Crippen molar-refractivity contribution in [3.63, 3.8) is 0 Å². The fourth-order valence-corrected chi connectivity index (χ4v) is 1.72. The van der Waals surface area contributed by atoms with Gasteiger partial charge in [-0.25, -0.2) is 0 Å². The van der Waals surface area contributed by atoms with Crippen LogP contribution in [0.2, 0.25) is 0 Å². The minimum Gasteiger partial charge on any atom is -0.485 e. The summed E-state index contributed by atoms with van der Waals surface area (Å²) in [7, 11) is 0. The van der Waals surface area contributed by atoms with Gasteiger partial charge in [-0.05, 0) is 32.0 Å². The van der Waals surface area contributed by atoms with Crippen molar-refractivity contribution in [1.82, 2.24) is 0 Å². The molecule has 0 N–H and O–H groups in total. The number of unbranched alkanes of at least 4 members (excludes halogenated alkanes) is 5. The molecule has 0 bridgehead atoms. The van der Waals surface area contributed by atoms with Crippen molar-refractivity contribution in [2.24, 2.45) is 0 Å². The van der Waals surface area contributed by atoms with E-state index in [4.69, 9.17) is 17.0 Å². The third kappa shape index (κ3) is 9.97. The molecule has 0 fully saturated rings. The lowest BCUT2D eigenvalue weighted by molar-refractivity contribution is 0.197. The number of rotatable bonds is 8. The van der Waals surface area contributed by atoms with Gasteiger partial charge in [0, 0.05) is 6.92 Å². The van der Waals surface area contributed by atoms with Crippen molar-refractivity contribution in [3.05, 3.63) is 0 Å². The maximum absolute atomic E-state index is 5.41. The molecule has 0 saturated heterocycles. The molecule has 0 aliphatic heterocycles. The molecule has 14 heavy (non-hydrogen) atoms. The molecule has 2 heteroatoms. The molecule has 1 nitrogen and oxygen atoms in total. The Morgan fingerprint density at radius 3 is 2.29 bits per heavy atom. The van der Waals surface area contributed by atoms with Crippen LogP contribution in [0.5, 0.6) is 0 Å². The smallest absolute Gasteiger partial charge is 0.156 e. The molecule has 0 aromatic heterocycles. The zero-order valence-electron chi connectivity index (χ0n) is 9.84. The van der Waals surface area contributed by atoms with Crippen LogP contribution in [-0.2, 0) is 4.74 Å². The van der Waals surface area contributed by atoms with Crippen molar-refractivity contribution in [3.8, 4) is 0 Å². The molecule has 0 amide bonds. The average Bonchev–Trinajstić information content (AvgIpc) is 2.10. The van der Waals surface area contributed by atoms with Crippen molar-refractivity contribution in [2.45, 2.75) is 71.8 Å². The van der Waals surface area contributed by atoms with Crippen LogP contribution >= 0.6 is 12.2 Å². The standard InChI is InChI=1S/C12H24OS/c1-4-5-6-7-8-9-10-11(2)13-12(3)14/h11H,4-10H2,1-3H3. The zero-order valence-corrected chi connectivity index (χ0v) is 10.7. The predicted octanol–water partition coefficient (Wildman–Crippen LogP) is 4.49. The summed E-state index contributed by atoms with van der Waals surface area (Å²) in [5.41, 5.74) is 0. The quantitative estimate of drug-likeness (QED) is 0.437. The highest BCUT2D eigenvalue weighted by Crippen LogP contribution is 2.10. The topological polar surface area (TPSA) is 9.23 Å². The number of hydrogen-bond donors (Lipinski definition) is 0. The molecule has 1 atom stereocenters. The minimum atomic E-state index is 0.304. The normalized spacial score (nSPS) is 12.5. The molecule has 0 aromatic carbocycles. The van der Waals surface area contributed by atoms with E-state index in [1.807, 2.05) is 6.92 Å². The molecule has 84 valence electrons. The number of thiocarbonyl (C=S) groups is 1. The summed E-state index contributed by atoms with van der Waals surface area (Å²) >= 11 is 4.89. The lowest BCUT2D eigenvalue weighted by Crippen LogP contribution is -2.10. The van der Waals surface area contributed by atoms with Gasteiger partial charge in [0.05, 0.1) is 6.10 Å². The van der Waals surface area contributed by atoms with Crippen molar-refractivity contribution in [1.29, 1.82) is 0 Å². The van der Waals surface area contributed by atoms with Crippen LogP contribution in [-0.4, -0.2) is 11.2 Å². The molecule has 1 unspecified atom stereocenters. The Hall–Kier alpha value is -0.110. The van der Waals surface area contributed by atoms with Crippen LogP contribution in [0.4, 0.5) is 0 Å². The first-order chi connectivity index (χ1) is 6.66. The van der Waals surface area contributed by atoms with E-state index in [1.165, 1.54) is 38.5 Å². The average molecular weight is 216 g/mol. The fraction of sp³-hybridized carbons (Fsp3) is 0.917. The van der Waals surface area contributed by atoms with Crippen molar-refractivity contribution in [2.75, 3.05) is 0 Å². The Morgan fingerprint density at radius 2 is 1.71 bits per heavy atom. The highest BCUT2D eigenvalue weighted by atomic mass is 32.1. The second-order valence-electron chi connectivity index (χ2n) is 3.98. The van der Waals surface area contributed by atoms with Crippen molar-refractivity contribution < 1.29 is 4.74 Å². The van der Waals surface area contributed by atoms with E-state index in [0.717, 1.165) is 6.42 Å². The third-order valence-corrected chi connectivity index (χ3v) is 2.43. The highest BCUT2D eigenvalue weighted by Gasteiger charge is 2.02. The first-order valence-corrected chi connectivity index (χ1v) is 6.24. The molecule has 0 aliphatic carbocycles. The van der Waals surface area contributed by atoms with E-state index in [2.05, 4.69) is 13.8 Å². The van der Waals surface area contributed by atoms with Gasteiger partial charge in [0.25, 0.3) is 0 Å². The number of hydrogen-bond acceptors (Lipinski definition) is 2. The Kier molecular flexibility index (Phi) is 9.37. The van der Waals surface area contributed by atoms with Crippen molar-refractivity contribution >= 4 is 17.3 Å². The van der Waals surface area contributed by atoms with Crippen LogP contribution in [0.25, 0.3) is 0 Å². The van der Waals surface area contributed by atoms with E-state index in [1.54, 1.807) is 0 Å². The van der Waals surface area contributed by atoms with Gasteiger partial charge < -0.3 is 4.74 Å². The third-order valence-electron chi connectivity index (χ3n) is 2.33. The van der Waals surface area contributed by atoms with Gasteiger partial charge in [-0.15, -0.1) is 0 Å². The van der Waals surface area contributed by atoms with Gasteiger partial charge in [-0.2, -0.15) is 0 Å². The molecule has 0 aliphatic rings. The van der Waals surface area contributed by atoms with E-state index < -0.39 is 0 Å². The van der Waals surface area contributed by atoms with E-state index >= 15 is 0 Å². The van der Waals surface area contributed by atoms with Gasteiger partial charge in [-0.1, -0.05) is 39.0 Å².